The van der Waals surface area contributed by atoms with E-state index >= 15 is 0 Å². The van der Waals surface area contributed by atoms with E-state index in [4.69, 9.17) is 9.84 Å². The molecule has 2 atom stereocenters. The number of carboxylic acid groups (broad SMARTS) is 1. The van der Waals surface area contributed by atoms with Crippen molar-refractivity contribution in [1.82, 2.24) is 5.32 Å². The Morgan fingerprint density at radius 2 is 2.05 bits per heavy atom. The molecule has 2 rings (SSSR count). The van der Waals surface area contributed by atoms with Crippen LogP contribution in [-0.4, -0.2) is 30.1 Å². The zero-order valence-corrected chi connectivity index (χ0v) is 12.3. The van der Waals surface area contributed by atoms with Crippen LogP contribution in [0.4, 0.5) is 0 Å². The fourth-order valence-corrected chi connectivity index (χ4v) is 2.31. The number of amides is 1. The molecule has 114 valence electrons. The van der Waals surface area contributed by atoms with Crippen molar-refractivity contribution in [2.24, 2.45) is 11.8 Å². The van der Waals surface area contributed by atoms with Crippen LogP contribution in [0.15, 0.2) is 24.3 Å². The average molecular weight is 291 g/mol. The Morgan fingerprint density at radius 1 is 1.33 bits per heavy atom. The molecule has 0 aromatic heterocycles. The highest BCUT2D eigenvalue weighted by Crippen LogP contribution is 2.38. The van der Waals surface area contributed by atoms with Crippen molar-refractivity contribution < 1.29 is 19.4 Å². The van der Waals surface area contributed by atoms with Gasteiger partial charge >= 0.3 is 5.97 Å². The van der Waals surface area contributed by atoms with Gasteiger partial charge < -0.3 is 15.2 Å². The zero-order valence-electron chi connectivity index (χ0n) is 12.3. The van der Waals surface area contributed by atoms with E-state index in [9.17, 15) is 9.59 Å². The summed E-state index contributed by atoms with van der Waals surface area (Å²) in [5.74, 6) is -0.756. The van der Waals surface area contributed by atoms with Gasteiger partial charge in [-0.1, -0.05) is 32.0 Å². The highest BCUT2D eigenvalue weighted by molar-refractivity contribution is 5.89. The van der Waals surface area contributed by atoms with Gasteiger partial charge in [0.2, 0.25) is 5.91 Å². The first-order valence-electron chi connectivity index (χ1n) is 7.23. The number of hydrogen-bond donors (Lipinski definition) is 2. The van der Waals surface area contributed by atoms with Crippen molar-refractivity contribution in [2.75, 3.05) is 13.2 Å². The van der Waals surface area contributed by atoms with Crippen LogP contribution in [0.1, 0.15) is 31.7 Å². The molecule has 1 aliphatic rings. The van der Waals surface area contributed by atoms with E-state index in [0.717, 1.165) is 11.3 Å². The number of carboxylic acids is 1. The van der Waals surface area contributed by atoms with E-state index < -0.39 is 11.9 Å². The Balaban J connectivity index is 1.73. The summed E-state index contributed by atoms with van der Waals surface area (Å²) in [6.07, 6.45) is 0.443. The number of aliphatic carboxylic acids is 1. The van der Waals surface area contributed by atoms with Gasteiger partial charge in [0, 0.05) is 0 Å². The van der Waals surface area contributed by atoms with Crippen LogP contribution in [0.2, 0.25) is 0 Å². The van der Waals surface area contributed by atoms with E-state index in [1.165, 1.54) is 0 Å². The third-order valence-corrected chi connectivity index (χ3v) is 3.64. The maximum absolute atomic E-state index is 11.7. The second kappa shape index (κ2) is 6.61. The fraction of sp³-hybridized carbons (Fsp3) is 0.500. The molecule has 0 bridgehead atoms. The molecule has 0 heterocycles. The number of carbonyl (C=O) groups excluding carboxylic acids is 1. The molecule has 1 saturated carbocycles. The predicted molar refractivity (Wildman–Crippen MR) is 78.3 cm³/mol. The highest BCUT2D eigenvalue weighted by atomic mass is 16.5. The summed E-state index contributed by atoms with van der Waals surface area (Å²) in [6, 6.07) is 7.84. The molecule has 0 saturated heterocycles. The summed E-state index contributed by atoms with van der Waals surface area (Å²) < 4.78 is 5.69. The number of ether oxygens (including phenoxy) is 1. The van der Waals surface area contributed by atoms with Crippen LogP contribution in [0.3, 0.4) is 0 Å². The van der Waals surface area contributed by atoms with Gasteiger partial charge in [-0.25, -0.2) is 0 Å². The molecule has 2 N–H and O–H groups in total. The van der Waals surface area contributed by atoms with Gasteiger partial charge in [0.1, 0.15) is 12.4 Å². The standard InChI is InChI=1S/C16H21NO4/c1-10(2)11-5-3-4-6-14(11)21-8-7-17-15(18)12-9-13(12)16(19)20/h3-6,10,12-13H,7-9H2,1-2H3,(H,17,18)(H,19,20). The summed E-state index contributed by atoms with van der Waals surface area (Å²) in [5, 5.41) is 11.5. The van der Waals surface area contributed by atoms with E-state index in [2.05, 4.69) is 19.2 Å². The van der Waals surface area contributed by atoms with Gasteiger partial charge in [-0.15, -0.1) is 0 Å². The van der Waals surface area contributed by atoms with E-state index in [1.54, 1.807) is 0 Å². The molecule has 2 unspecified atom stereocenters. The summed E-state index contributed by atoms with van der Waals surface area (Å²) in [7, 11) is 0. The maximum atomic E-state index is 11.7. The number of hydrogen-bond acceptors (Lipinski definition) is 3. The van der Waals surface area contributed by atoms with E-state index in [1.807, 2.05) is 24.3 Å². The summed E-state index contributed by atoms with van der Waals surface area (Å²) in [4.78, 5) is 22.4. The van der Waals surface area contributed by atoms with Gasteiger partial charge in [0.25, 0.3) is 0 Å². The SMILES string of the molecule is CC(C)c1ccccc1OCCNC(=O)C1CC1C(=O)O. The lowest BCUT2D eigenvalue weighted by atomic mass is 10.0. The molecule has 1 aliphatic carbocycles. The van der Waals surface area contributed by atoms with Crippen molar-refractivity contribution >= 4 is 11.9 Å². The molecule has 5 heteroatoms. The maximum Gasteiger partial charge on any atom is 0.307 e. The van der Waals surface area contributed by atoms with Crippen LogP contribution >= 0.6 is 0 Å². The third-order valence-electron chi connectivity index (χ3n) is 3.64. The quantitative estimate of drug-likeness (QED) is 0.754. The monoisotopic (exact) mass is 291 g/mol. The van der Waals surface area contributed by atoms with Gasteiger partial charge in [-0.05, 0) is 24.0 Å². The van der Waals surface area contributed by atoms with Crippen molar-refractivity contribution in [1.29, 1.82) is 0 Å². The Morgan fingerprint density at radius 3 is 2.67 bits per heavy atom. The number of rotatable bonds is 7. The van der Waals surface area contributed by atoms with E-state index in [0.29, 0.717) is 25.5 Å². The highest BCUT2D eigenvalue weighted by Gasteiger charge is 2.48. The summed E-state index contributed by atoms with van der Waals surface area (Å²) >= 11 is 0. The number of benzene rings is 1. The minimum absolute atomic E-state index is 0.192. The molecule has 0 radical (unpaired) electrons. The third kappa shape index (κ3) is 3.97. The van der Waals surface area contributed by atoms with Crippen LogP contribution < -0.4 is 10.1 Å². The fourth-order valence-electron chi connectivity index (χ4n) is 2.31. The second-order valence-electron chi connectivity index (χ2n) is 5.62. The van der Waals surface area contributed by atoms with Crippen LogP contribution in [0.5, 0.6) is 5.75 Å². The molecule has 1 fully saturated rings. The van der Waals surface area contributed by atoms with Crippen molar-refractivity contribution in [3.8, 4) is 5.75 Å². The second-order valence-corrected chi connectivity index (χ2v) is 5.62. The lowest BCUT2D eigenvalue weighted by Gasteiger charge is -2.14. The predicted octanol–water partition coefficient (Wildman–Crippen LogP) is 2.03. The minimum atomic E-state index is -0.891. The molecule has 21 heavy (non-hydrogen) atoms. The average Bonchev–Trinajstić information content (AvgIpc) is 3.24. The molecular weight excluding hydrogens is 270 g/mol. The van der Waals surface area contributed by atoms with Crippen LogP contribution in [0, 0.1) is 11.8 Å². The van der Waals surface area contributed by atoms with Crippen LogP contribution in [-0.2, 0) is 9.59 Å². The van der Waals surface area contributed by atoms with Gasteiger partial charge in [-0.2, -0.15) is 0 Å². The van der Waals surface area contributed by atoms with Crippen molar-refractivity contribution in [3.63, 3.8) is 0 Å². The minimum Gasteiger partial charge on any atom is -0.491 e. The molecule has 1 aromatic rings. The Labute approximate surface area is 124 Å². The van der Waals surface area contributed by atoms with Crippen LogP contribution in [0.25, 0.3) is 0 Å². The van der Waals surface area contributed by atoms with Gasteiger partial charge in [0.05, 0.1) is 18.4 Å². The Bertz CT molecular complexity index is 527. The summed E-state index contributed by atoms with van der Waals surface area (Å²) in [5.41, 5.74) is 1.14. The lowest BCUT2D eigenvalue weighted by molar-refractivity contribution is -0.140. The molecule has 0 spiro atoms. The number of carbonyl (C=O) groups is 2. The Hall–Kier alpha value is -2.04. The molecule has 0 aliphatic heterocycles. The number of para-hydroxylation sites is 1. The first-order chi connectivity index (χ1) is 10.0. The van der Waals surface area contributed by atoms with Gasteiger partial charge in [0.15, 0.2) is 0 Å². The normalized spacial score (nSPS) is 20.1. The van der Waals surface area contributed by atoms with Crippen molar-refractivity contribution in [3.05, 3.63) is 29.8 Å². The smallest absolute Gasteiger partial charge is 0.307 e. The first-order valence-corrected chi connectivity index (χ1v) is 7.23. The van der Waals surface area contributed by atoms with Gasteiger partial charge in [-0.3, -0.25) is 9.59 Å². The topological polar surface area (TPSA) is 75.6 Å². The molecule has 1 aromatic carbocycles. The molecule has 5 nitrogen and oxygen atoms in total. The summed E-state index contributed by atoms with van der Waals surface area (Å²) in [6.45, 7) is 4.96. The molecular formula is C16H21NO4. The lowest BCUT2D eigenvalue weighted by Crippen LogP contribution is -2.30. The Kier molecular flexibility index (Phi) is 4.83. The van der Waals surface area contributed by atoms with Crippen molar-refractivity contribution in [2.45, 2.75) is 26.2 Å². The zero-order chi connectivity index (χ0) is 15.4. The first kappa shape index (κ1) is 15.4. The largest absolute Gasteiger partial charge is 0.491 e. The molecule has 1 amide bonds. The number of nitrogens with one attached hydrogen (secondary N) is 1. The van der Waals surface area contributed by atoms with E-state index in [-0.39, 0.29) is 11.8 Å².